The zero-order chi connectivity index (χ0) is 22.6. The Morgan fingerprint density at radius 3 is 2.32 bits per heavy atom. The number of carbonyl (C=O) groups excluding carboxylic acids is 1. The summed E-state index contributed by atoms with van der Waals surface area (Å²) in [6.45, 7) is 3.18. The van der Waals surface area contributed by atoms with Crippen molar-refractivity contribution in [1.29, 1.82) is 0 Å². The van der Waals surface area contributed by atoms with Crippen LogP contribution < -0.4 is 10.1 Å². The Bertz CT molecular complexity index is 1060. The summed E-state index contributed by atoms with van der Waals surface area (Å²) in [5.74, 6) is -0.253. The van der Waals surface area contributed by atoms with Crippen molar-refractivity contribution in [3.05, 3.63) is 86.7 Å². The van der Waals surface area contributed by atoms with Gasteiger partial charge in [0.2, 0.25) is 5.88 Å². The van der Waals surface area contributed by atoms with Crippen LogP contribution in [0, 0.1) is 0 Å². The first kappa shape index (κ1) is 23.3. The van der Waals surface area contributed by atoms with Crippen LogP contribution in [0.15, 0.2) is 54.9 Å². The highest BCUT2D eigenvalue weighted by molar-refractivity contribution is 6.35. The van der Waals surface area contributed by atoms with Crippen LogP contribution in [0.1, 0.15) is 41.6 Å². The van der Waals surface area contributed by atoms with E-state index in [1.807, 2.05) is 12.1 Å². The molecule has 1 atom stereocenters. The van der Waals surface area contributed by atoms with Crippen LogP contribution in [-0.2, 0) is 0 Å². The minimum absolute atomic E-state index is 0.0986. The molecule has 3 aromatic rings. The fraction of sp³-hybridized carbons (Fsp3) is 0.227. The maximum atomic E-state index is 12.3. The predicted octanol–water partition coefficient (Wildman–Crippen LogP) is 5.11. The van der Waals surface area contributed by atoms with E-state index in [1.165, 1.54) is 12.4 Å². The highest BCUT2D eigenvalue weighted by atomic mass is 35.5. The Labute approximate surface area is 195 Å². The number of carbonyl (C=O) groups is 1. The number of rotatable bonds is 7. The van der Waals surface area contributed by atoms with E-state index in [0.29, 0.717) is 20.6 Å². The molecule has 1 unspecified atom stereocenters. The third-order valence-electron chi connectivity index (χ3n) is 4.36. The van der Waals surface area contributed by atoms with E-state index in [-0.39, 0.29) is 18.2 Å². The van der Waals surface area contributed by atoms with E-state index >= 15 is 0 Å². The third kappa shape index (κ3) is 6.08. The van der Waals surface area contributed by atoms with Crippen LogP contribution in [0.3, 0.4) is 0 Å². The Balaban J connectivity index is 1.88. The van der Waals surface area contributed by atoms with Gasteiger partial charge in [-0.2, -0.15) is 0 Å². The second kappa shape index (κ2) is 9.83. The molecule has 0 saturated heterocycles. The molecule has 0 aliphatic rings. The van der Waals surface area contributed by atoms with Gasteiger partial charge >= 0.3 is 0 Å². The molecule has 0 bridgehead atoms. The number of hydrogen-bond donors (Lipinski definition) is 2. The second-order valence-corrected chi connectivity index (χ2v) is 8.73. The number of nitrogens with zero attached hydrogens (tertiary/aromatic N) is 2. The highest BCUT2D eigenvalue weighted by Gasteiger charge is 2.23. The van der Waals surface area contributed by atoms with Gasteiger partial charge in [0, 0.05) is 20.6 Å². The monoisotopic (exact) mass is 479 g/mol. The van der Waals surface area contributed by atoms with Crippen LogP contribution in [-0.4, -0.2) is 33.1 Å². The lowest BCUT2D eigenvalue weighted by atomic mass is 10.0. The van der Waals surface area contributed by atoms with Crippen molar-refractivity contribution in [2.24, 2.45) is 0 Å². The summed E-state index contributed by atoms with van der Waals surface area (Å²) in [5, 5.41) is 13.5. The molecule has 6 nitrogen and oxygen atoms in total. The lowest BCUT2D eigenvalue weighted by molar-refractivity contribution is 0.0863. The summed E-state index contributed by atoms with van der Waals surface area (Å²) in [6.07, 6.45) is 2.05. The molecule has 3 rings (SSSR count). The average Bonchev–Trinajstić information content (AvgIpc) is 2.73. The van der Waals surface area contributed by atoms with Crippen LogP contribution in [0.2, 0.25) is 15.1 Å². The van der Waals surface area contributed by atoms with Gasteiger partial charge in [0.25, 0.3) is 5.91 Å². The van der Waals surface area contributed by atoms with Gasteiger partial charge in [-0.3, -0.25) is 4.79 Å². The fourth-order valence-electron chi connectivity index (χ4n) is 2.69. The molecule has 1 amide bonds. The van der Waals surface area contributed by atoms with E-state index < -0.39 is 17.6 Å². The number of aliphatic hydroxyl groups is 1. The van der Waals surface area contributed by atoms with Gasteiger partial charge < -0.3 is 15.2 Å². The van der Waals surface area contributed by atoms with E-state index in [1.54, 1.807) is 44.2 Å². The van der Waals surface area contributed by atoms with Crippen molar-refractivity contribution < 1.29 is 14.6 Å². The quantitative estimate of drug-likeness (QED) is 0.491. The number of nitrogens with one attached hydrogen (secondary N) is 1. The van der Waals surface area contributed by atoms with Gasteiger partial charge in [0.05, 0.1) is 24.5 Å². The maximum absolute atomic E-state index is 12.3. The van der Waals surface area contributed by atoms with Gasteiger partial charge in [-0.1, -0.05) is 53.0 Å². The average molecular weight is 481 g/mol. The van der Waals surface area contributed by atoms with Crippen molar-refractivity contribution >= 4 is 40.7 Å². The van der Waals surface area contributed by atoms with Crippen molar-refractivity contribution in [2.45, 2.75) is 25.5 Å². The first-order valence-electron chi connectivity index (χ1n) is 9.31. The van der Waals surface area contributed by atoms with Gasteiger partial charge in [0.15, 0.2) is 6.10 Å². The minimum atomic E-state index is -0.779. The molecule has 0 fully saturated rings. The van der Waals surface area contributed by atoms with Crippen molar-refractivity contribution in [3.8, 4) is 5.88 Å². The number of aromatic nitrogens is 2. The van der Waals surface area contributed by atoms with Gasteiger partial charge in [0.1, 0.15) is 5.69 Å². The van der Waals surface area contributed by atoms with E-state index in [2.05, 4.69) is 15.3 Å². The molecule has 0 radical (unpaired) electrons. The second-order valence-electron chi connectivity index (χ2n) is 7.45. The van der Waals surface area contributed by atoms with E-state index in [9.17, 15) is 9.90 Å². The number of halogens is 3. The maximum Gasteiger partial charge on any atom is 0.271 e. The van der Waals surface area contributed by atoms with E-state index in [4.69, 9.17) is 39.5 Å². The smallest absolute Gasteiger partial charge is 0.271 e. The molecule has 2 aromatic carbocycles. The van der Waals surface area contributed by atoms with Crippen LogP contribution in [0.4, 0.5) is 0 Å². The Morgan fingerprint density at radius 1 is 1.06 bits per heavy atom. The Kier molecular flexibility index (Phi) is 7.38. The van der Waals surface area contributed by atoms with Gasteiger partial charge in [-0.25, -0.2) is 9.97 Å². The molecular formula is C22H20Cl3N3O3. The summed E-state index contributed by atoms with van der Waals surface area (Å²) >= 11 is 18.5. The topological polar surface area (TPSA) is 84.3 Å². The summed E-state index contributed by atoms with van der Waals surface area (Å²) in [4.78, 5) is 20.6. The van der Waals surface area contributed by atoms with Gasteiger partial charge in [-0.05, 0) is 43.7 Å². The lowest BCUT2D eigenvalue weighted by Gasteiger charge is -2.23. The SMILES string of the molecule is CC(C)(CO)NC(=O)c1cnc(OC(c2ccc(Cl)cc2)c2ccc(Cl)cc2Cl)cn1. The molecule has 0 spiro atoms. The molecule has 1 heterocycles. The molecular weight excluding hydrogens is 461 g/mol. The van der Waals surface area contributed by atoms with Crippen LogP contribution >= 0.6 is 34.8 Å². The highest BCUT2D eigenvalue weighted by Crippen LogP contribution is 2.34. The third-order valence-corrected chi connectivity index (χ3v) is 5.18. The summed E-state index contributed by atoms with van der Waals surface area (Å²) < 4.78 is 6.09. The number of benzene rings is 2. The molecule has 9 heteroatoms. The van der Waals surface area contributed by atoms with Crippen LogP contribution in [0.5, 0.6) is 5.88 Å². The Hall–Kier alpha value is -2.38. The normalized spacial score (nSPS) is 12.3. The molecule has 2 N–H and O–H groups in total. The van der Waals surface area contributed by atoms with Gasteiger partial charge in [-0.15, -0.1) is 0 Å². The fourth-order valence-corrected chi connectivity index (χ4v) is 3.32. The largest absolute Gasteiger partial charge is 0.463 e. The number of ether oxygens (including phenoxy) is 1. The summed E-state index contributed by atoms with van der Waals surface area (Å²) in [6, 6.07) is 12.3. The van der Waals surface area contributed by atoms with Crippen molar-refractivity contribution in [1.82, 2.24) is 15.3 Å². The lowest BCUT2D eigenvalue weighted by Crippen LogP contribution is -2.46. The van der Waals surface area contributed by atoms with E-state index in [0.717, 1.165) is 5.56 Å². The number of aliphatic hydroxyl groups excluding tert-OH is 1. The standard InChI is InChI=1S/C22H20Cl3N3O3/c1-22(2,12-29)28-21(30)18-10-27-19(11-26-18)31-20(13-3-5-14(23)6-4-13)16-8-7-15(24)9-17(16)25/h3-11,20,29H,12H2,1-2H3,(H,28,30). The molecule has 0 aliphatic heterocycles. The Morgan fingerprint density at radius 2 is 1.74 bits per heavy atom. The summed E-state index contributed by atoms with van der Waals surface area (Å²) in [5.41, 5.74) is 0.795. The summed E-state index contributed by atoms with van der Waals surface area (Å²) in [7, 11) is 0. The zero-order valence-electron chi connectivity index (χ0n) is 16.8. The first-order valence-corrected chi connectivity index (χ1v) is 10.4. The molecule has 0 saturated carbocycles. The molecule has 31 heavy (non-hydrogen) atoms. The number of hydrogen-bond acceptors (Lipinski definition) is 5. The molecule has 162 valence electrons. The zero-order valence-corrected chi connectivity index (χ0v) is 19.0. The first-order chi connectivity index (χ1) is 14.7. The molecule has 0 aliphatic carbocycles. The molecule has 1 aromatic heterocycles. The van der Waals surface area contributed by atoms with Crippen LogP contribution in [0.25, 0.3) is 0 Å². The minimum Gasteiger partial charge on any atom is -0.463 e. The predicted molar refractivity (Wildman–Crippen MR) is 121 cm³/mol. The van der Waals surface area contributed by atoms with Crippen molar-refractivity contribution in [3.63, 3.8) is 0 Å². The van der Waals surface area contributed by atoms with Crippen molar-refractivity contribution in [2.75, 3.05) is 6.61 Å². The number of amides is 1.